The van der Waals surface area contributed by atoms with E-state index in [0.29, 0.717) is 5.56 Å². The lowest BCUT2D eigenvalue weighted by atomic mass is 10.00. The number of hydrogen-bond acceptors (Lipinski definition) is 2. The first-order chi connectivity index (χ1) is 27.9. The second-order valence-corrected chi connectivity index (χ2v) is 14.5. The summed E-state index contributed by atoms with van der Waals surface area (Å²) < 4.78 is 11.1. The van der Waals surface area contributed by atoms with Gasteiger partial charge < -0.3 is 19.3 Å². The topological polar surface area (TPSA) is 72.9 Å². The van der Waals surface area contributed by atoms with Crippen molar-refractivity contribution in [2.24, 2.45) is 5.73 Å². The normalized spacial score (nSPS) is 11.2. The van der Waals surface area contributed by atoms with E-state index in [1.165, 1.54) is 38.4 Å². The minimum atomic E-state index is 0.0571. The number of aromatic nitrogens is 2. The lowest BCUT2D eigenvalue weighted by Crippen LogP contribution is -2.10. The van der Waals surface area contributed by atoms with Gasteiger partial charge in [0.2, 0.25) is 0 Å². The summed E-state index contributed by atoms with van der Waals surface area (Å²) >= 11 is 0. The van der Waals surface area contributed by atoms with Gasteiger partial charge in [0, 0.05) is 49.5 Å². The fraction of sp³-hybridized carbons (Fsp3) is 0.0577. The van der Waals surface area contributed by atoms with E-state index >= 15 is 0 Å². The number of hydrogen-bond donors (Lipinski definition) is 2. The van der Waals surface area contributed by atoms with E-state index in [1.807, 2.05) is 60.7 Å². The van der Waals surface area contributed by atoms with Crippen molar-refractivity contribution in [1.82, 2.24) is 9.13 Å². The summed E-state index contributed by atoms with van der Waals surface area (Å²) in [5, 5.41) is 14.9. The maximum atomic E-state index is 7.92. The maximum Gasteiger partial charge on any atom is 0.136 e. The number of rotatable bonds is 3. The van der Waals surface area contributed by atoms with Crippen LogP contribution >= 0.6 is 0 Å². The Balaban J connectivity index is 0.000000255. The Hall–Kier alpha value is -7.37. The first-order valence-corrected chi connectivity index (χ1v) is 19.2. The monoisotopic (exact) mass is 738 g/mol. The number of amidine groups is 1. The molecule has 5 heteroatoms. The van der Waals surface area contributed by atoms with Crippen molar-refractivity contribution in [3.63, 3.8) is 0 Å². The summed E-state index contributed by atoms with van der Waals surface area (Å²) in [6.45, 7) is 6.40. The third kappa shape index (κ3) is 6.39. The van der Waals surface area contributed by atoms with Gasteiger partial charge in [-0.1, -0.05) is 114 Å². The van der Waals surface area contributed by atoms with Gasteiger partial charge in [-0.25, -0.2) is 0 Å². The van der Waals surface area contributed by atoms with Crippen LogP contribution in [0.1, 0.15) is 22.3 Å². The van der Waals surface area contributed by atoms with Crippen LogP contribution in [0, 0.1) is 26.2 Å². The molecule has 0 aliphatic heterocycles. The lowest BCUT2D eigenvalue weighted by Gasteiger charge is -2.15. The van der Waals surface area contributed by atoms with Crippen LogP contribution in [0.3, 0.4) is 0 Å². The highest BCUT2D eigenvalue weighted by Crippen LogP contribution is 2.43. The average molecular weight is 739 g/mol. The molecule has 0 saturated carbocycles. The van der Waals surface area contributed by atoms with Crippen molar-refractivity contribution in [1.29, 1.82) is 5.41 Å². The highest BCUT2D eigenvalue weighted by atomic mass is 16.3. The van der Waals surface area contributed by atoms with Gasteiger partial charge in [-0.05, 0) is 116 Å². The molecule has 57 heavy (non-hydrogen) atoms. The van der Waals surface area contributed by atoms with Crippen LogP contribution in [0.25, 0.3) is 76.9 Å². The fourth-order valence-electron chi connectivity index (χ4n) is 8.09. The molecular formula is C52H42N4O. The molecule has 0 aliphatic carbocycles. The van der Waals surface area contributed by atoms with Gasteiger partial charge >= 0.3 is 0 Å². The van der Waals surface area contributed by atoms with Crippen LogP contribution in [0.4, 0.5) is 0 Å². The summed E-state index contributed by atoms with van der Waals surface area (Å²) in [4.78, 5) is 0. The second-order valence-electron chi connectivity index (χ2n) is 14.5. The van der Waals surface area contributed by atoms with Crippen molar-refractivity contribution in [2.45, 2.75) is 20.8 Å². The number of nitrogens with two attached hydrogens (primary N) is 1. The predicted octanol–water partition coefficient (Wildman–Crippen LogP) is 13.4. The molecule has 0 spiro atoms. The largest absolute Gasteiger partial charge is 0.456 e. The first-order valence-electron chi connectivity index (χ1n) is 19.2. The molecule has 3 N–H and O–H groups in total. The molecule has 4 bridgehead atoms. The summed E-state index contributed by atoms with van der Waals surface area (Å²) in [6.07, 6.45) is 0. The quantitative estimate of drug-likeness (QED) is 0.140. The number of nitrogens with one attached hydrogen (secondary N) is 1. The molecule has 11 rings (SSSR count). The number of nitrogen functional groups attached to an aromatic ring is 1. The summed E-state index contributed by atoms with van der Waals surface area (Å²) in [5.41, 5.74) is 18.7. The van der Waals surface area contributed by atoms with E-state index in [9.17, 15) is 0 Å². The van der Waals surface area contributed by atoms with E-state index in [2.05, 4.69) is 151 Å². The average Bonchev–Trinajstić information content (AvgIpc) is 3.79. The number of benzene rings is 8. The minimum Gasteiger partial charge on any atom is -0.456 e. The van der Waals surface area contributed by atoms with Gasteiger partial charge in [-0.2, -0.15) is 0 Å². The van der Waals surface area contributed by atoms with Crippen LogP contribution in [0.2, 0.25) is 0 Å². The molecule has 276 valence electrons. The fourth-order valence-corrected chi connectivity index (χ4v) is 8.09. The standard InChI is InChI=1S/C38H26N4O.2C7H8/c1-22-30-18-19-32-35(22)37-28(9-5-11-31(37)42(32)24-7-3-2-4-8-24)27-10-6-12-34-36(27)29-21-26(17-20-33(29)43-34)41(30)25-15-13-23(14-16-25)38(39)40;2*1-7-5-3-2-4-6-7/h2-21H,1H3,(H3,39,40);2*2-6H,1H3. The molecule has 0 aliphatic rings. The Bertz CT molecular complexity index is 3170. The summed E-state index contributed by atoms with van der Waals surface area (Å²) in [5.74, 6) is 0.0571. The Morgan fingerprint density at radius 3 is 1.63 bits per heavy atom. The highest BCUT2D eigenvalue weighted by molar-refractivity contribution is 6.28. The van der Waals surface area contributed by atoms with Gasteiger partial charge in [0.15, 0.2) is 0 Å². The smallest absolute Gasteiger partial charge is 0.136 e. The molecule has 0 saturated heterocycles. The Labute approximate surface area is 331 Å². The molecule has 0 unspecified atom stereocenters. The van der Waals surface area contributed by atoms with Gasteiger partial charge in [-0.3, -0.25) is 5.41 Å². The third-order valence-electron chi connectivity index (χ3n) is 10.8. The van der Waals surface area contributed by atoms with Gasteiger partial charge in [0.1, 0.15) is 17.0 Å². The van der Waals surface area contributed by atoms with Crippen LogP contribution in [-0.4, -0.2) is 15.0 Å². The highest BCUT2D eigenvalue weighted by Gasteiger charge is 2.20. The molecule has 3 aromatic heterocycles. The van der Waals surface area contributed by atoms with Gasteiger partial charge in [0.05, 0.1) is 11.0 Å². The first kappa shape index (κ1) is 35.3. The molecule has 0 amide bonds. The SMILES string of the molecule is Cc1c2c3c4cccc3n(-c3ccccc3)c2ccc1n(-c1ccc(C(=N)N)cc1)c1ccc2oc3cccc4c3c2c1.Cc1ccccc1.Cc1ccccc1. The summed E-state index contributed by atoms with van der Waals surface area (Å²) in [6, 6.07) is 63.0. The molecular weight excluding hydrogens is 697 g/mol. The van der Waals surface area contributed by atoms with E-state index in [-0.39, 0.29) is 5.84 Å². The van der Waals surface area contributed by atoms with Gasteiger partial charge in [-0.15, -0.1) is 0 Å². The van der Waals surface area contributed by atoms with Crippen LogP contribution in [0.15, 0.2) is 186 Å². The number of furan rings is 1. The number of fused-ring (bicyclic) bond motifs is 3. The van der Waals surface area contributed by atoms with Crippen molar-refractivity contribution in [3.05, 3.63) is 204 Å². The maximum absolute atomic E-state index is 7.92. The van der Waals surface area contributed by atoms with E-state index in [1.54, 1.807) is 0 Å². The Morgan fingerprint density at radius 1 is 0.456 bits per heavy atom. The number of para-hydroxylation sites is 1. The zero-order valence-corrected chi connectivity index (χ0v) is 32.2. The molecule has 5 nitrogen and oxygen atoms in total. The zero-order valence-electron chi connectivity index (χ0n) is 32.2. The van der Waals surface area contributed by atoms with Crippen molar-refractivity contribution in [2.75, 3.05) is 0 Å². The number of nitrogens with zero attached hydrogens (tertiary/aromatic N) is 2. The Kier molecular flexibility index (Phi) is 9.11. The van der Waals surface area contributed by atoms with Gasteiger partial charge in [0.25, 0.3) is 0 Å². The molecule has 11 aromatic rings. The Morgan fingerprint density at radius 2 is 1.02 bits per heavy atom. The summed E-state index contributed by atoms with van der Waals surface area (Å²) in [7, 11) is 0. The van der Waals surface area contributed by atoms with Crippen LogP contribution in [0.5, 0.6) is 0 Å². The van der Waals surface area contributed by atoms with E-state index in [0.717, 1.165) is 55.2 Å². The number of aryl methyl sites for hydroxylation is 3. The van der Waals surface area contributed by atoms with Crippen molar-refractivity contribution >= 4 is 71.4 Å². The van der Waals surface area contributed by atoms with E-state index in [4.69, 9.17) is 15.6 Å². The van der Waals surface area contributed by atoms with Crippen molar-refractivity contribution < 1.29 is 4.42 Å². The predicted molar refractivity (Wildman–Crippen MR) is 241 cm³/mol. The minimum absolute atomic E-state index is 0.0571. The molecule has 0 atom stereocenters. The second kappa shape index (κ2) is 14.7. The van der Waals surface area contributed by atoms with E-state index < -0.39 is 0 Å². The van der Waals surface area contributed by atoms with Crippen molar-refractivity contribution in [3.8, 4) is 11.4 Å². The third-order valence-corrected chi connectivity index (χ3v) is 10.8. The van der Waals surface area contributed by atoms with Crippen LogP contribution < -0.4 is 5.73 Å². The zero-order chi connectivity index (χ0) is 39.0. The molecule has 3 heterocycles. The molecule has 8 aromatic carbocycles. The molecule has 0 radical (unpaired) electrons. The molecule has 0 fully saturated rings. The van der Waals surface area contributed by atoms with Crippen LogP contribution in [-0.2, 0) is 0 Å². The lowest BCUT2D eigenvalue weighted by molar-refractivity contribution is 0.669.